The first-order valence-corrected chi connectivity index (χ1v) is 5.75. The topological polar surface area (TPSA) is 62.2 Å². The highest BCUT2D eigenvalue weighted by Crippen LogP contribution is 2.30. The van der Waals surface area contributed by atoms with Gasteiger partial charge in [-0.15, -0.1) is 11.8 Å². The second kappa shape index (κ2) is 4.48. The highest BCUT2D eigenvalue weighted by atomic mass is 32.2. The number of aromatic nitrogens is 1. The molecule has 0 saturated heterocycles. The van der Waals surface area contributed by atoms with Crippen molar-refractivity contribution in [1.82, 2.24) is 4.98 Å². The van der Waals surface area contributed by atoms with Crippen LogP contribution in [0.2, 0.25) is 0 Å². The minimum Gasteiger partial charge on any atom is -0.465 e. The lowest BCUT2D eigenvalue weighted by molar-refractivity contribution is 0.209. The van der Waals surface area contributed by atoms with Gasteiger partial charge in [0.15, 0.2) is 5.13 Å². The van der Waals surface area contributed by atoms with Crippen LogP contribution in [0.3, 0.4) is 0 Å². The van der Waals surface area contributed by atoms with Crippen molar-refractivity contribution in [2.24, 2.45) is 0 Å². The number of hydrogen-bond donors (Lipinski definition) is 2. The van der Waals surface area contributed by atoms with Gasteiger partial charge in [-0.1, -0.05) is 18.3 Å². The molecule has 0 aromatic carbocycles. The monoisotopic (exact) mass is 218 g/mol. The fourth-order valence-corrected chi connectivity index (χ4v) is 2.64. The Morgan fingerprint density at radius 3 is 2.85 bits per heavy atom. The molecule has 0 aliphatic rings. The van der Waals surface area contributed by atoms with Crippen molar-refractivity contribution in [2.45, 2.75) is 17.6 Å². The summed E-state index contributed by atoms with van der Waals surface area (Å²) in [7, 11) is 0. The van der Waals surface area contributed by atoms with E-state index >= 15 is 0 Å². The van der Waals surface area contributed by atoms with E-state index < -0.39 is 6.09 Å². The van der Waals surface area contributed by atoms with Crippen LogP contribution in [0.5, 0.6) is 0 Å². The maximum atomic E-state index is 10.3. The first-order valence-electron chi connectivity index (χ1n) is 3.71. The fourth-order valence-electron chi connectivity index (χ4n) is 0.866. The quantitative estimate of drug-likeness (QED) is 0.765. The predicted molar refractivity (Wildman–Crippen MR) is 54.9 cm³/mol. The highest BCUT2D eigenvalue weighted by molar-refractivity contribution is 8.00. The summed E-state index contributed by atoms with van der Waals surface area (Å²) >= 11 is 2.96. The maximum Gasteiger partial charge on any atom is 0.410 e. The van der Waals surface area contributed by atoms with Crippen LogP contribution in [0.15, 0.2) is 4.21 Å². The first kappa shape index (κ1) is 10.3. The van der Waals surface area contributed by atoms with Gasteiger partial charge in [0.25, 0.3) is 0 Å². The molecular weight excluding hydrogens is 208 g/mol. The zero-order valence-corrected chi connectivity index (χ0v) is 8.96. The Balaban J connectivity index is 2.86. The van der Waals surface area contributed by atoms with Gasteiger partial charge in [-0.05, 0) is 12.7 Å². The number of rotatable bonds is 3. The van der Waals surface area contributed by atoms with Gasteiger partial charge in [-0.3, -0.25) is 5.32 Å². The molecule has 4 nitrogen and oxygen atoms in total. The smallest absolute Gasteiger partial charge is 0.410 e. The van der Waals surface area contributed by atoms with E-state index in [0.29, 0.717) is 5.13 Å². The van der Waals surface area contributed by atoms with Crippen molar-refractivity contribution in [2.75, 3.05) is 11.6 Å². The highest BCUT2D eigenvalue weighted by Gasteiger charge is 2.09. The van der Waals surface area contributed by atoms with E-state index in [1.807, 2.05) is 13.2 Å². The number of carboxylic acid groups (broad SMARTS) is 1. The average Bonchev–Trinajstić information content (AvgIpc) is 2.45. The lowest BCUT2D eigenvalue weighted by atomic mass is 10.4. The molecule has 1 aromatic heterocycles. The van der Waals surface area contributed by atoms with Crippen LogP contribution in [-0.2, 0) is 6.42 Å². The minimum absolute atomic E-state index is 0.452. The van der Waals surface area contributed by atoms with E-state index in [4.69, 9.17) is 5.11 Å². The van der Waals surface area contributed by atoms with E-state index in [-0.39, 0.29) is 0 Å². The number of carbonyl (C=O) groups is 1. The van der Waals surface area contributed by atoms with Gasteiger partial charge in [0.1, 0.15) is 0 Å². The van der Waals surface area contributed by atoms with Crippen molar-refractivity contribution < 1.29 is 9.90 Å². The zero-order chi connectivity index (χ0) is 9.84. The van der Waals surface area contributed by atoms with Gasteiger partial charge in [0.05, 0.1) is 9.90 Å². The van der Waals surface area contributed by atoms with E-state index in [1.165, 1.54) is 11.3 Å². The summed E-state index contributed by atoms with van der Waals surface area (Å²) < 4.78 is 1.08. The summed E-state index contributed by atoms with van der Waals surface area (Å²) in [5, 5.41) is 11.2. The molecule has 13 heavy (non-hydrogen) atoms. The molecule has 72 valence electrons. The second-order valence-electron chi connectivity index (χ2n) is 2.24. The van der Waals surface area contributed by atoms with E-state index in [9.17, 15) is 4.79 Å². The molecule has 0 bridgehead atoms. The molecule has 2 N–H and O–H groups in total. The number of hydrogen-bond acceptors (Lipinski definition) is 4. The van der Waals surface area contributed by atoms with Crippen LogP contribution in [0.1, 0.15) is 12.6 Å². The van der Waals surface area contributed by atoms with Gasteiger partial charge in [0, 0.05) is 0 Å². The molecule has 1 heterocycles. The molecule has 1 rings (SSSR count). The molecule has 0 aliphatic carbocycles. The molecule has 6 heteroatoms. The van der Waals surface area contributed by atoms with Gasteiger partial charge >= 0.3 is 6.09 Å². The lowest BCUT2D eigenvalue weighted by Gasteiger charge is -1.90. The molecule has 0 fully saturated rings. The first-order chi connectivity index (χ1) is 6.17. The number of thiazole rings is 1. The van der Waals surface area contributed by atoms with Gasteiger partial charge in [0.2, 0.25) is 0 Å². The number of nitrogens with one attached hydrogen (secondary N) is 1. The summed E-state index contributed by atoms with van der Waals surface area (Å²) in [4.78, 5) is 14.5. The minimum atomic E-state index is -1.07. The third kappa shape index (κ3) is 2.60. The van der Waals surface area contributed by atoms with Crippen LogP contribution in [0.25, 0.3) is 0 Å². The Morgan fingerprint density at radius 1 is 1.77 bits per heavy atom. The molecule has 0 radical (unpaired) electrons. The Morgan fingerprint density at radius 2 is 2.46 bits per heavy atom. The maximum absolute atomic E-state index is 10.3. The fraction of sp³-hybridized carbons (Fsp3) is 0.429. The Hall–Kier alpha value is -0.750. The number of nitrogens with zero attached hydrogens (tertiary/aromatic N) is 1. The summed E-state index contributed by atoms with van der Waals surface area (Å²) in [6.45, 7) is 2.00. The SMILES string of the molecule is CCc1nc(NC(=O)O)sc1SC. The summed E-state index contributed by atoms with van der Waals surface area (Å²) in [6, 6.07) is 0. The average molecular weight is 218 g/mol. The van der Waals surface area contributed by atoms with Crippen LogP contribution >= 0.6 is 23.1 Å². The summed E-state index contributed by atoms with van der Waals surface area (Å²) in [5.74, 6) is 0. The van der Waals surface area contributed by atoms with Crippen molar-refractivity contribution in [3.8, 4) is 0 Å². The summed E-state index contributed by atoms with van der Waals surface area (Å²) in [6.07, 6.45) is 1.72. The molecule has 0 atom stereocenters. The second-order valence-corrected chi connectivity index (χ2v) is 4.31. The standard InChI is InChI=1S/C7H10N2O2S2/c1-3-4-5(12-2)13-6(8-4)9-7(10)11/h3H2,1-2H3,(H,8,9)(H,10,11). The van der Waals surface area contributed by atoms with Crippen molar-refractivity contribution >= 4 is 34.3 Å². The van der Waals surface area contributed by atoms with Crippen LogP contribution in [0.4, 0.5) is 9.93 Å². The van der Waals surface area contributed by atoms with Crippen molar-refractivity contribution in [1.29, 1.82) is 0 Å². The van der Waals surface area contributed by atoms with Gasteiger partial charge in [-0.2, -0.15) is 0 Å². The third-order valence-corrected chi connectivity index (χ3v) is 3.56. The number of amides is 1. The largest absolute Gasteiger partial charge is 0.465 e. The normalized spacial score (nSPS) is 10.0. The van der Waals surface area contributed by atoms with Crippen LogP contribution in [-0.4, -0.2) is 22.4 Å². The van der Waals surface area contributed by atoms with Crippen molar-refractivity contribution in [3.05, 3.63) is 5.69 Å². The number of thioether (sulfide) groups is 1. The van der Waals surface area contributed by atoms with E-state index in [2.05, 4.69) is 10.3 Å². The Bertz CT molecular complexity index is 290. The lowest BCUT2D eigenvalue weighted by Crippen LogP contribution is -2.06. The molecule has 1 amide bonds. The molecular formula is C7H10N2O2S2. The number of aryl methyl sites for hydroxylation is 1. The third-order valence-electron chi connectivity index (χ3n) is 1.40. The molecule has 0 aliphatic heterocycles. The molecule has 0 unspecified atom stereocenters. The van der Waals surface area contributed by atoms with Gasteiger partial charge < -0.3 is 5.11 Å². The van der Waals surface area contributed by atoms with Crippen molar-refractivity contribution in [3.63, 3.8) is 0 Å². The van der Waals surface area contributed by atoms with E-state index in [1.54, 1.807) is 11.8 Å². The molecule has 1 aromatic rings. The van der Waals surface area contributed by atoms with Crippen LogP contribution in [0, 0.1) is 0 Å². The van der Waals surface area contributed by atoms with Crippen LogP contribution < -0.4 is 5.32 Å². The van der Waals surface area contributed by atoms with E-state index in [0.717, 1.165) is 16.3 Å². The number of anilines is 1. The predicted octanol–water partition coefficient (Wildman–Crippen LogP) is 2.52. The Labute approximate surface area is 84.4 Å². The Kier molecular flexibility index (Phi) is 3.56. The molecule has 0 saturated carbocycles. The zero-order valence-electron chi connectivity index (χ0n) is 7.33. The molecule has 0 spiro atoms. The van der Waals surface area contributed by atoms with Gasteiger partial charge in [-0.25, -0.2) is 9.78 Å². The summed E-state index contributed by atoms with van der Waals surface area (Å²) in [5.41, 5.74) is 0.959.